The molecule has 218 valence electrons. The number of alkyl halides is 4. The molecule has 1 saturated carbocycles. The maximum atomic E-state index is 15.2. The van der Waals surface area contributed by atoms with Gasteiger partial charge in [-0.3, -0.25) is 14.4 Å². The first-order valence-electron chi connectivity index (χ1n) is 13.4. The van der Waals surface area contributed by atoms with Crippen LogP contribution < -0.4 is 10.6 Å². The van der Waals surface area contributed by atoms with Gasteiger partial charge in [0, 0.05) is 19.3 Å². The van der Waals surface area contributed by atoms with Gasteiger partial charge >= 0.3 is 5.51 Å². The highest BCUT2D eigenvalue weighted by atomic mass is 32.2. The van der Waals surface area contributed by atoms with Gasteiger partial charge in [-0.25, -0.2) is 8.91 Å². The molecule has 2 unspecified atom stereocenters. The Bertz CT molecular complexity index is 1500. The van der Waals surface area contributed by atoms with Gasteiger partial charge in [0.2, 0.25) is 0 Å². The van der Waals surface area contributed by atoms with Gasteiger partial charge in [0.1, 0.15) is 17.7 Å². The van der Waals surface area contributed by atoms with E-state index in [9.17, 15) is 18.0 Å². The highest BCUT2D eigenvalue weighted by Crippen LogP contribution is 2.41. The Labute approximate surface area is 238 Å². The van der Waals surface area contributed by atoms with Gasteiger partial charge in [-0.1, -0.05) is 12.0 Å². The number of nitrogens with zero attached hydrogens (tertiary/aromatic N) is 5. The number of rotatable bonds is 7. The molecule has 9 nitrogen and oxygen atoms in total. The Hall–Kier alpha value is -3.28. The van der Waals surface area contributed by atoms with E-state index < -0.39 is 17.7 Å². The van der Waals surface area contributed by atoms with E-state index in [1.165, 1.54) is 16.8 Å². The van der Waals surface area contributed by atoms with Gasteiger partial charge in [-0.05, 0) is 56.0 Å². The minimum Gasteiger partial charge on any atom is -0.377 e. The van der Waals surface area contributed by atoms with E-state index in [2.05, 4.69) is 44.5 Å². The number of piperidine rings is 1. The number of likely N-dealkylation sites (tertiary alicyclic amines) is 1. The van der Waals surface area contributed by atoms with Crippen LogP contribution in [0.15, 0.2) is 35.5 Å². The number of amides is 1. The molecule has 3 fully saturated rings. The number of fused-ring (bicyclic) bond motifs is 1. The van der Waals surface area contributed by atoms with E-state index in [-0.39, 0.29) is 52.4 Å². The van der Waals surface area contributed by atoms with Crippen molar-refractivity contribution in [3.05, 3.63) is 41.9 Å². The van der Waals surface area contributed by atoms with Crippen molar-refractivity contribution in [3.63, 3.8) is 0 Å². The van der Waals surface area contributed by atoms with Gasteiger partial charge in [-0.15, -0.1) is 0 Å². The zero-order valence-electron chi connectivity index (χ0n) is 22.2. The summed E-state index contributed by atoms with van der Waals surface area (Å²) >= 11 is -0.301. The standard InChI is InChI=1S/C27H29F4N7O2S/c1-26(15-40-16-26)36-11-9-20(19(28)14-36)34-23-6-2-5-22-24(41-27(29,30)31)21(35-38(22)23)4-3-10-32-25(39)17-12-33-37(13-17)18-7-8-18/h2,5-6,12-13,18-20,34H,7-11,14-16H2,1H3,(H,32,39). The van der Waals surface area contributed by atoms with E-state index in [4.69, 9.17) is 4.74 Å². The van der Waals surface area contributed by atoms with Crippen LogP contribution in [-0.4, -0.2) is 86.3 Å². The number of hydrogen-bond acceptors (Lipinski definition) is 7. The summed E-state index contributed by atoms with van der Waals surface area (Å²) in [5.41, 5.74) is -4.22. The van der Waals surface area contributed by atoms with Crippen LogP contribution in [0.5, 0.6) is 0 Å². The predicted molar refractivity (Wildman–Crippen MR) is 145 cm³/mol. The van der Waals surface area contributed by atoms with Crippen LogP contribution >= 0.6 is 11.8 Å². The zero-order valence-corrected chi connectivity index (χ0v) is 23.1. The Kier molecular flexibility index (Phi) is 7.37. The number of anilines is 1. The van der Waals surface area contributed by atoms with Gasteiger partial charge in [-0.2, -0.15) is 23.4 Å². The zero-order chi connectivity index (χ0) is 28.8. The maximum absolute atomic E-state index is 15.2. The normalized spacial score (nSPS) is 22.6. The summed E-state index contributed by atoms with van der Waals surface area (Å²) < 4.78 is 64.1. The molecule has 41 heavy (non-hydrogen) atoms. The van der Waals surface area contributed by atoms with Crippen LogP contribution in [0.2, 0.25) is 0 Å². The second-order valence-corrected chi connectivity index (χ2v) is 11.9. The number of carbonyl (C=O) groups excluding carboxylic acids is 1. The lowest BCUT2D eigenvalue weighted by atomic mass is 9.92. The molecule has 0 spiro atoms. The average molecular weight is 592 g/mol. The largest absolute Gasteiger partial charge is 0.446 e. The molecule has 5 heterocycles. The second-order valence-electron chi connectivity index (χ2n) is 10.8. The van der Waals surface area contributed by atoms with Crippen LogP contribution in [0.1, 0.15) is 48.3 Å². The van der Waals surface area contributed by atoms with Gasteiger partial charge in [0.25, 0.3) is 5.91 Å². The molecule has 3 aromatic rings. The molecule has 2 atom stereocenters. The van der Waals surface area contributed by atoms with Crippen LogP contribution in [0.3, 0.4) is 0 Å². The Morgan fingerprint density at radius 3 is 2.76 bits per heavy atom. The first-order chi connectivity index (χ1) is 19.6. The summed E-state index contributed by atoms with van der Waals surface area (Å²) in [6.45, 7) is 4.02. The van der Waals surface area contributed by atoms with Crippen molar-refractivity contribution in [2.24, 2.45) is 0 Å². The Morgan fingerprint density at radius 1 is 1.27 bits per heavy atom. The SMILES string of the molecule is CC1(N2CCC(Nc3cccc4c(SC(F)(F)F)c(C#CCNC(=O)c5cnn(C6CC6)c5)nn34)C(F)C2)COC1. The summed E-state index contributed by atoms with van der Waals surface area (Å²) in [5, 5.41) is 14.3. The van der Waals surface area contributed by atoms with E-state index in [0.717, 1.165) is 12.8 Å². The molecule has 3 aromatic heterocycles. The number of pyridine rings is 1. The molecule has 1 aliphatic carbocycles. The summed E-state index contributed by atoms with van der Waals surface area (Å²) in [6, 6.07) is 4.59. The fourth-order valence-corrected chi connectivity index (χ4v) is 5.81. The summed E-state index contributed by atoms with van der Waals surface area (Å²) in [5.74, 6) is 5.39. The molecule has 1 amide bonds. The van der Waals surface area contributed by atoms with E-state index >= 15 is 4.39 Å². The molecular formula is C27H29F4N7O2S. The molecular weight excluding hydrogens is 562 g/mol. The van der Waals surface area contributed by atoms with Crippen molar-refractivity contribution in [1.82, 2.24) is 29.6 Å². The fraction of sp³-hybridized carbons (Fsp3) is 0.519. The topological polar surface area (TPSA) is 88.7 Å². The first kappa shape index (κ1) is 27.9. The van der Waals surface area contributed by atoms with Crippen LogP contribution in [0, 0.1) is 11.8 Å². The highest BCUT2D eigenvalue weighted by molar-refractivity contribution is 8.00. The average Bonchev–Trinajstić information content (AvgIpc) is 3.54. The lowest BCUT2D eigenvalue weighted by Gasteiger charge is -2.50. The lowest BCUT2D eigenvalue weighted by molar-refractivity contribution is -0.142. The predicted octanol–water partition coefficient (Wildman–Crippen LogP) is 3.87. The molecule has 0 radical (unpaired) electrons. The molecule has 0 bridgehead atoms. The third kappa shape index (κ3) is 6.02. The van der Waals surface area contributed by atoms with E-state index in [1.54, 1.807) is 23.0 Å². The van der Waals surface area contributed by atoms with Crippen molar-refractivity contribution in [3.8, 4) is 11.8 Å². The highest BCUT2D eigenvalue weighted by Gasteiger charge is 2.43. The maximum Gasteiger partial charge on any atom is 0.446 e. The molecule has 14 heteroatoms. The minimum absolute atomic E-state index is 0.0816. The number of aromatic nitrogens is 4. The number of ether oxygens (including phenoxy) is 1. The van der Waals surface area contributed by atoms with Crippen LogP contribution in [0.25, 0.3) is 5.52 Å². The minimum atomic E-state index is -4.57. The van der Waals surface area contributed by atoms with Gasteiger partial charge in [0.05, 0.1) is 59.6 Å². The van der Waals surface area contributed by atoms with E-state index in [0.29, 0.717) is 43.6 Å². The molecule has 6 rings (SSSR count). The van der Waals surface area contributed by atoms with Gasteiger partial charge < -0.3 is 15.4 Å². The molecule has 0 aromatic carbocycles. The number of carbonyl (C=O) groups is 1. The quantitative estimate of drug-likeness (QED) is 0.245. The van der Waals surface area contributed by atoms with Crippen molar-refractivity contribution in [2.75, 3.05) is 38.2 Å². The number of halogens is 4. The summed E-state index contributed by atoms with van der Waals surface area (Å²) in [4.78, 5) is 14.3. The van der Waals surface area contributed by atoms with Crippen molar-refractivity contribution in [1.29, 1.82) is 0 Å². The third-order valence-corrected chi connectivity index (χ3v) is 8.46. The summed E-state index contributed by atoms with van der Waals surface area (Å²) in [6.07, 6.45) is 4.55. The smallest absolute Gasteiger partial charge is 0.377 e. The van der Waals surface area contributed by atoms with Crippen LogP contribution in [-0.2, 0) is 4.74 Å². The molecule has 2 saturated heterocycles. The van der Waals surface area contributed by atoms with Crippen LogP contribution in [0.4, 0.5) is 23.4 Å². The number of nitrogens with one attached hydrogen (secondary N) is 2. The number of hydrogen-bond donors (Lipinski definition) is 2. The number of thioether (sulfide) groups is 1. The monoisotopic (exact) mass is 591 g/mol. The summed E-state index contributed by atoms with van der Waals surface area (Å²) in [7, 11) is 0. The Morgan fingerprint density at radius 2 is 2.07 bits per heavy atom. The van der Waals surface area contributed by atoms with Crippen molar-refractivity contribution in [2.45, 2.75) is 60.4 Å². The third-order valence-electron chi connectivity index (χ3n) is 7.62. The van der Waals surface area contributed by atoms with Crippen molar-refractivity contribution < 1.29 is 27.1 Å². The first-order valence-corrected chi connectivity index (χ1v) is 14.2. The molecule has 2 N–H and O–H groups in total. The molecule has 2 aliphatic heterocycles. The second kappa shape index (κ2) is 10.8. The fourth-order valence-electron chi connectivity index (χ4n) is 5.13. The lowest BCUT2D eigenvalue weighted by Crippen LogP contribution is -2.64. The van der Waals surface area contributed by atoms with E-state index in [1.807, 2.05) is 0 Å². The Balaban J connectivity index is 1.18. The van der Waals surface area contributed by atoms with Gasteiger partial charge in [0.15, 0.2) is 0 Å². The van der Waals surface area contributed by atoms with Crippen molar-refractivity contribution >= 4 is 29.0 Å². The molecule has 3 aliphatic rings.